The van der Waals surface area contributed by atoms with Crippen molar-refractivity contribution in [2.45, 2.75) is 52.2 Å². The Morgan fingerprint density at radius 2 is 1.78 bits per heavy atom. The second-order valence-electron chi connectivity index (χ2n) is 5.90. The first kappa shape index (κ1) is 20.2. The molecule has 0 unspecified atom stereocenters. The molecule has 1 saturated heterocycles. The van der Waals surface area contributed by atoms with Gasteiger partial charge in [0, 0.05) is 19.7 Å². The molecule has 0 atom stereocenters. The van der Waals surface area contributed by atoms with E-state index in [1.54, 1.807) is 0 Å². The third kappa shape index (κ3) is 7.08. The van der Waals surface area contributed by atoms with E-state index in [0.717, 1.165) is 26.1 Å². The van der Waals surface area contributed by atoms with Crippen LogP contribution in [0.3, 0.4) is 0 Å². The van der Waals surface area contributed by atoms with Crippen LogP contribution in [0.2, 0.25) is 0 Å². The number of nitrogens with two attached hydrogens (primary N) is 1. The van der Waals surface area contributed by atoms with Crippen molar-refractivity contribution in [1.82, 2.24) is 4.90 Å². The van der Waals surface area contributed by atoms with Gasteiger partial charge in [0.15, 0.2) is 5.96 Å². The molecule has 23 heavy (non-hydrogen) atoms. The first-order chi connectivity index (χ1) is 10.8. The lowest BCUT2D eigenvalue weighted by atomic mass is 10.1. The molecule has 0 amide bonds. The van der Waals surface area contributed by atoms with E-state index in [9.17, 15) is 0 Å². The molecule has 0 bridgehead atoms. The van der Waals surface area contributed by atoms with Crippen molar-refractivity contribution in [2.75, 3.05) is 19.7 Å². The molecule has 0 aliphatic carbocycles. The minimum atomic E-state index is 0. The minimum absolute atomic E-state index is 0. The molecule has 1 heterocycles. The maximum absolute atomic E-state index is 6.18. The van der Waals surface area contributed by atoms with Gasteiger partial charge in [0.25, 0.3) is 0 Å². The monoisotopic (exact) mass is 431 g/mol. The molecule has 0 spiro atoms. The minimum Gasteiger partial charge on any atom is -0.377 e. The van der Waals surface area contributed by atoms with Gasteiger partial charge in [-0.2, -0.15) is 0 Å². The highest BCUT2D eigenvalue weighted by Gasteiger charge is 2.11. The van der Waals surface area contributed by atoms with Crippen molar-refractivity contribution in [1.29, 1.82) is 0 Å². The Balaban J connectivity index is 0.00000264. The third-order valence-electron chi connectivity index (χ3n) is 4.07. The van der Waals surface area contributed by atoms with Crippen LogP contribution in [0.15, 0.2) is 29.3 Å². The number of likely N-dealkylation sites (tertiary alicyclic amines) is 1. The molecular weight excluding hydrogens is 401 g/mol. The number of nitrogens with zero attached hydrogens (tertiary/aromatic N) is 2. The van der Waals surface area contributed by atoms with Crippen LogP contribution in [-0.4, -0.2) is 30.6 Å². The van der Waals surface area contributed by atoms with Crippen molar-refractivity contribution < 1.29 is 4.74 Å². The lowest BCUT2D eigenvalue weighted by Gasteiger charge is -2.21. The third-order valence-corrected chi connectivity index (χ3v) is 4.07. The van der Waals surface area contributed by atoms with E-state index in [1.165, 1.54) is 36.8 Å². The first-order valence-electron chi connectivity index (χ1n) is 8.50. The standard InChI is InChI=1S/C18H29N3O.HI/c1-2-13-22-15-17-10-6-5-9-16(17)14-20-18(19)21-11-7-3-4-8-12-21;/h5-6,9-10H,2-4,7-8,11-15H2,1H3,(H2,19,20);1H. The summed E-state index contributed by atoms with van der Waals surface area (Å²) in [5.74, 6) is 0.686. The van der Waals surface area contributed by atoms with Crippen molar-refractivity contribution in [2.24, 2.45) is 10.7 Å². The number of guanidine groups is 1. The van der Waals surface area contributed by atoms with Crippen LogP contribution >= 0.6 is 24.0 Å². The van der Waals surface area contributed by atoms with Crippen molar-refractivity contribution in [3.05, 3.63) is 35.4 Å². The molecule has 1 aromatic rings. The summed E-state index contributed by atoms with van der Waals surface area (Å²) in [5.41, 5.74) is 8.60. The molecule has 1 aliphatic rings. The fraction of sp³-hybridized carbons (Fsp3) is 0.611. The Morgan fingerprint density at radius 1 is 1.13 bits per heavy atom. The molecule has 0 saturated carbocycles. The number of hydrogen-bond acceptors (Lipinski definition) is 2. The number of rotatable bonds is 6. The fourth-order valence-corrected chi connectivity index (χ4v) is 2.74. The van der Waals surface area contributed by atoms with Gasteiger partial charge in [0.05, 0.1) is 13.2 Å². The number of aliphatic imine (C=N–C) groups is 1. The van der Waals surface area contributed by atoms with Gasteiger partial charge in [0.2, 0.25) is 0 Å². The zero-order valence-corrected chi connectivity index (χ0v) is 16.5. The SMILES string of the molecule is CCCOCc1ccccc1CN=C(N)N1CCCCCC1.I. The zero-order chi connectivity index (χ0) is 15.6. The largest absolute Gasteiger partial charge is 0.377 e. The molecule has 130 valence electrons. The molecule has 2 rings (SSSR count). The number of hydrogen-bond donors (Lipinski definition) is 1. The quantitative estimate of drug-likeness (QED) is 0.322. The van der Waals surface area contributed by atoms with E-state index in [4.69, 9.17) is 10.5 Å². The average molecular weight is 431 g/mol. The average Bonchev–Trinajstić information content (AvgIpc) is 2.83. The van der Waals surface area contributed by atoms with Gasteiger partial charge < -0.3 is 15.4 Å². The summed E-state index contributed by atoms with van der Waals surface area (Å²) in [6, 6.07) is 8.33. The van der Waals surface area contributed by atoms with E-state index in [0.29, 0.717) is 19.1 Å². The van der Waals surface area contributed by atoms with E-state index < -0.39 is 0 Å². The fourth-order valence-electron chi connectivity index (χ4n) is 2.74. The van der Waals surface area contributed by atoms with E-state index in [1.807, 2.05) is 0 Å². The molecule has 1 aromatic carbocycles. The van der Waals surface area contributed by atoms with Crippen LogP contribution in [0.1, 0.15) is 50.2 Å². The Hall–Kier alpha value is -0.820. The molecule has 0 radical (unpaired) electrons. The molecule has 5 heteroatoms. The number of ether oxygens (including phenoxy) is 1. The van der Waals surface area contributed by atoms with Crippen LogP contribution in [0.4, 0.5) is 0 Å². The van der Waals surface area contributed by atoms with Crippen molar-refractivity contribution in [3.63, 3.8) is 0 Å². The second kappa shape index (κ2) is 11.7. The summed E-state index contributed by atoms with van der Waals surface area (Å²) in [7, 11) is 0. The lowest BCUT2D eigenvalue weighted by Crippen LogP contribution is -2.38. The maximum Gasteiger partial charge on any atom is 0.191 e. The summed E-state index contributed by atoms with van der Waals surface area (Å²) in [5, 5.41) is 0. The van der Waals surface area contributed by atoms with Gasteiger partial charge >= 0.3 is 0 Å². The molecule has 4 nitrogen and oxygen atoms in total. The highest BCUT2D eigenvalue weighted by molar-refractivity contribution is 14.0. The molecule has 1 fully saturated rings. The van der Waals surface area contributed by atoms with E-state index in [2.05, 4.69) is 41.1 Å². The Bertz CT molecular complexity index is 471. The van der Waals surface area contributed by atoms with Gasteiger partial charge in [0.1, 0.15) is 0 Å². The summed E-state index contributed by atoms with van der Waals surface area (Å²) < 4.78 is 5.66. The summed E-state index contributed by atoms with van der Waals surface area (Å²) >= 11 is 0. The predicted molar refractivity (Wildman–Crippen MR) is 107 cm³/mol. The van der Waals surface area contributed by atoms with E-state index >= 15 is 0 Å². The predicted octanol–water partition coefficient (Wildman–Crippen LogP) is 3.92. The van der Waals surface area contributed by atoms with Crippen LogP contribution in [0.5, 0.6) is 0 Å². The Morgan fingerprint density at radius 3 is 2.43 bits per heavy atom. The number of benzene rings is 1. The van der Waals surface area contributed by atoms with Crippen molar-refractivity contribution >= 4 is 29.9 Å². The smallest absolute Gasteiger partial charge is 0.191 e. The van der Waals surface area contributed by atoms with Gasteiger partial charge in [-0.05, 0) is 30.4 Å². The van der Waals surface area contributed by atoms with Crippen LogP contribution in [-0.2, 0) is 17.9 Å². The van der Waals surface area contributed by atoms with Crippen LogP contribution in [0.25, 0.3) is 0 Å². The highest BCUT2D eigenvalue weighted by Crippen LogP contribution is 2.13. The normalized spacial score (nSPS) is 15.9. The van der Waals surface area contributed by atoms with Gasteiger partial charge in [-0.15, -0.1) is 24.0 Å². The second-order valence-corrected chi connectivity index (χ2v) is 5.90. The summed E-state index contributed by atoms with van der Waals surface area (Å²) in [4.78, 5) is 6.84. The van der Waals surface area contributed by atoms with Crippen LogP contribution < -0.4 is 5.73 Å². The Kier molecular flexibility index (Phi) is 10.3. The van der Waals surface area contributed by atoms with Gasteiger partial charge in [-0.1, -0.05) is 44.0 Å². The van der Waals surface area contributed by atoms with E-state index in [-0.39, 0.29) is 24.0 Å². The maximum atomic E-state index is 6.18. The summed E-state index contributed by atoms with van der Waals surface area (Å²) in [6.45, 7) is 6.29. The zero-order valence-electron chi connectivity index (χ0n) is 14.2. The summed E-state index contributed by atoms with van der Waals surface area (Å²) in [6.07, 6.45) is 6.10. The molecular formula is C18H30IN3O. The van der Waals surface area contributed by atoms with Gasteiger partial charge in [-0.25, -0.2) is 4.99 Å². The molecule has 2 N–H and O–H groups in total. The number of halogens is 1. The molecule has 0 aromatic heterocycles. The topological polar surface area (TPSA) is 50.9 Å². The first-order valence-corrected chi connectivity index (χ1v) is 8.50. The lowest BCUT2D eigenvalue weighted by molar-refractivity contribution is 0.121. The van der Waals surface area contributed by atoms with Crippen LogP contribution in [0, 0.1) is 0 Å². The molecule has 1 aliphatic heterocycles. The highest BCUT2D eigenvalue weighted by atomic mass is 127. The van der Waals surface area contributed by atoms with Gasteiger partial charge in [-0.3, -0.25) is 0 Å². The Labute approximate surface area is 157 Å². The van der Waals surface area contributed by atoms with Crippen molar-refractivity contribution in [3.8, 4) is 0 Å².